The second kappa shape index (κ2) is 4.72. The van der Waals surface area contributed by atoms with Crippen molar-refractivity contribution in [3.8, 4) is 0 Å². The summed E-state index contributed by atoms with van der Waals surface area (Å²) in [5.41, 5.74) is 0.991. The molecular formula is C14H19NO4. The summed E-state index contributed by atoms with van der Waals surface area (Å²) in [6.45, 7) is 5.45. The van der Waals surface area contributed by atoms with Crippen molar-refractivity contribution in [1.82, 2.24) is 4.98 Å². The first kappa shape index (κ1) is 13.6. The van der Waals surface area contributed by atoms with E-state index in [-0.39, 0.29) is 5.92 Å². The third-order valence-corrected chi connectivity index (χ3v) is 2.91. The van der Waals surface area contributed by atoms with E-state index in [1.807, 2.05) is 20.8 Å². The molecule has 0 amide bonds. The standard InChI is InChI=1S/C14H19NO4/c1-14(2,3)19-12(16)9-7-15-11(13(17)18-4)10(9)8-5-6-8/h7-8,15H,5-6H2,1-4H3. The first-order chi connectivity index (χ1) is 8.83. The van der Waals surface area contributed by atoms with Crippen LogP contribution in [0.15, 0.2) is 6.20 Å². The summed E-state index contributed by atoms with van der Waals surface area (Å²) in [5.74, 6) is -0.597. The number of nitrogens with one attached hydrogen (secondary N) is 1. The number of H-pyrrole nitrogens is 1. The van der Waals surface area contributed by atoms with Gasteiger partial charge in [-0.05, 0) is 39.5 Å². The van der Waals surface area contributed by atoms with Gasteiger partial charge in [-0.25, -0.2) is 9.59 Å². The summed E-state index contributed by atoms with van der Waals surface area (Å²) in [7, 11) is 1.33. The van der Waals surface area contributed by atoms with Gasteiger partial charge in [0.15, 0.2) is 0 Å². The van der Waals surface area contributed by atoms with Crippen LogP contribution in [0.1, 0.15) is 65.9 Å². The number of aromatic nitrogens is 1. The molecule has 1 N–H and O–H groups in total. The Hall–Kier alpha value is -1.78. The molecule has 0 bridgehead atoms. The summed E-state index contributed by atoms with van der Waals surface area (Å²) in [6.07, 6.45) is 3.50. The minimum Gasteiger partial charge on any atom is -0.464 e. The second-order valence-corrected chi connectivity index (χ2v) is 5.76. The molecule has 1 aromatic heterocycles. The summed E-state index contributed by atoms with van der Waals surface area (Å²) in [6, 6.07) is 0. The fourth-order valence-corrected chi connectivity index (χ4v) is 2.00. The van der Waals surface area contributed by atoms with Crippen LogP contribution in [-0.2, 0) is 9.47 Å². The summed E-state index contributed by atoms with van der Waals surface area (Å²) < 4.78 is 10.1. The van der Waals surface area contributed by atoms with Crippen LogP contribution >= 0.6 is 0 Å². The van der Waals surface area contributed by atoms with Gasteiger partial charge in [0.1, 0.15) is 11.3 Å². The Kier molecular flexibility index (Phi) is 3.39. The molecule has 104 valence electrons. The molecule has 1 fully saturated rings. The molecule has 19 heavy (non-hydrogen) atoms. The lowest BCUT2D eigenvalue weighted by Crippen LogP contribution is -2.24. The SMILES string of the molecule is COC(=O)c1[nH]cc(C(=O)OC(C)(C)C)c1C1CC1. The molecule has 0 atom stereocenters. The topological polar surface area (TPSA) is 68.4 Å². The van der Waals surface area contributed by atoms with Gasteiger partial charge in [-0.15, -0.1) is 0 Å². The zero-order valence-corrected chi connectivity index (χ0v) is 11.7. The van der Waals surface area contributed by atoms with Gasteiger partial charge in [0.25, 0.3) is 0 Å². The predicted molar refractivity (Wildman–Crippen MR) is 69.3 cm³/mol. The van der Waals surface area contributed by atoms with Crippen LogP contribution in [-0.4, -0.2) is 29.6 Å². The zero-order chi connectivity index (χ0) is 14.2. The molecule has 5 nitrogen and oxygen atoms in total. The molecule has 1 heterocycles. The maximum absolute atomic E-state index is 12.1. The summed E-state index contributed by atoms with van der Waals surface area (Å²) in [5, 5.41) is 0. The van der Waals surface area contributed by atoms with E-state index in [1.54, 1.807) is 0 Å². The van der Waals surface area contributed by atoms with Crippen molar-refractivity contribution >= 4 is 11.9 Å². The fourth-order valence-electron chi connectivity index (χ4n) is 2.00. The highest BCUT2D eigenvalue weighted by atomic mass is 16.6. The normalized spacial score (nSPS) is 15.2. The van der Waals surface area contributed by atoms with Crippen LogP contribution < -0.4 is 0 Å². The molecule has 0 saturated heterocycles. The van der Waals surface area contributed by atoms with Gasteiger partial charge in [-0.3, -0.25) is 0 Å². The third kappa shape index (κ3) is 2.97. The third-order valence-electron chi connectivity index (χ3n) is 2.91. The minimum absolute atomic E-state index is 0.253. The van der Waals surface area contributed by atoms with Gasteiger partial charge in [-0.2, -0.15) is 0 Å². The predicted octanol–water partition coefficient (Wildman–Crippen LogP) is 2.63. The number of esters is 2. The number of hydrogen-bond donors (Lipinski definition) is 1. The molecule has 2 rings (SSSR count). The fraction of sp³-hybridized carbons (Fsp3) is 0.571. The van der Waals surface area contributed by atoms with Crippen LogP contribution in [0.25, 0.3) is 0 Å². The lowest BCUT2D eigenvalue weighted by atomic mass is 10.1. The van der Waals surface area contributed by atoms with Crippen molar-refractivity contribution in [3.05, 3.63) is 23.0 Å². The van der Waals surface area contributed by atoms with E-state index in [0.29, 0.717) is 11.3 Å². The molecule has 0 unspecified atom stereocenters. The van der Waals surface area contributed by atoms with E-state index in [2.05, 4.69) is 4.98 Å². The van der Waals surface area contributed by atoms with Gasteiger partial charge >= 0.3 is 11.9 Å². The number of ether oxygens (including phenoxy) is 2. The van der Waals surface area contributed by atoms with Crippen molar-refractivity contribution in [1.29, 1.82) is 0 Å². The highest BCUT2D eigenvalue weighted by molar-refractivity contribution is 5.98. The monoisotopic (exact) mass is 265 g/mol. The number of carbonyl (C=O) groups is 2. The van der Waals surface area contributed by atoms with Crippen molar-refractivity contribution in [2.45, 2.75) is 45.1 Å². The quantitative estimate of drug-likeness (QED) is 0.853. The Labute approximate surface area is 112 Å². The van der Waals surface area contributed by atoms with Crippen molar-refractivity contribution < 1.29 is 19.1 Å². The Balaban J connectivity index is 2.33. The summed E-state index contributed by atoms with van der Waals surface area (Å²) in [4.78, 5) is 26.7. The maximum atomic E-state index is 12.1. The van der Waals surface area contributed by atoms with E-state index in [1.165, 1.54) is 13.3 Å². The van der Waals surface area contributed by atoms with Gasteiger partial charge in [0.2, 0.25) is 0 Å². The van der Waals surface area contributed by atoms with Crippen LogP contribution in [0.3, 0.4) is 0 Å². The Morgan fingerprint density at radius 2 is 1.89 bits per heavy atom. The first-order valence-electron chi connectivity index (χ1n) is 6.36. The van der Waals surface area contributed by atoms with Gasteiger partial charge in [0, 0.05) is 11.8 Å². The maximum Gasteiger partial charge on any atom is 0.354 e. The number of rotatable bonds is 3. The Morgan fingerprint density at radius 3 is 2.37 bits per heavy atom. The van der Waals surface area contributed by atoms with Crippen LogP contribution in [0.4, 0.5) is 0 Å². The average molecular weight is 265 g/mol. The summed E-state index contributed by atoms with van der Waals surface area (Å²) >= 11 is 0. The molecule has 0 aliphatic heterocycles. The van der Waals surface area contributed by atoms with Crippen LogP contribution in [0, 0.1) is 0 Å². The number of hydrogen-bond acceptors (Lipinski definition) is 4. The average Bonchev–Trinajstić information content (AvgIpc) is 3.04. The minimum atomic E-state index is -0.555. The van der Waals surface area contributed by atoms with Gasteiger partial charge in [-0.1, -0.05) is 0 Å². The molecule has 1 aromatic rings. The zero-order valence-electron chi connectivity index (χ0n) is 11.7. The number of methoxy groups -OCH3 is 1. The van der Waals surface area contributed by atoms with E-state index < -0.39 is 17.5 Å². The molecular weight excluding hydrogens is 246 g/mol. The van der Waals surface area contributed by atoms with Crippen molar-refractivity contribution in [2.75, 3.05) is 7.11 Å². The molecule has 0 aromatic carbocycles. The number of aromatic amines is 1. The van der Waals surface area contributed by atoms with Crippen LogP contribution in [0.5, 0.6) is 0 Å². The van der Waals surface area contributed by atoms with E-state index >= 15 is 0 Å². The number of carbonyl (C=O) groups excluding carboxylic acids is 2. The highest BCUT2D eigenvalue weighted by Crippen LogP contribution is 2.43. The van der Waals surface area contributed by atoms with Crippen LogP contribution in [0.2, 0.25) is 0 Å². The second-order valence-electron chi connectivity index (χ2n) is 5.76. The first-order valence-corrected chi connectivity index (χ1v) is 6.36. The molecule has 5 heteroatoms. The van der Waals surface area contributed by atoms with E-state index in [4.69, 9.17) is 9.47 Å². The Morgan fingerprint density at radius 1 is 1.26 bits per heavy atom. The van der Waals surface area contributed by atoms with Crippen molar-refractivity contribution in [3.63, 3.8) is 0 Å². The molecule has 0 radical (unpaired) electrons. The van der Waals surface area contributed by atoms with Crippen molar-refractivity contribution in [2.24, 2.45) is 0 Å². The molecule has 1 aliphatic carbocycles. The highest BCUT2D eigenvalue weighted by Gasteiger charge is 2.35. The van der Waals surface area contributed by atoms with Gasteiger partial charge < -0.3 is 14.5 Å². The Bertz CT molecular complexity index is 506. The smallest absolute Gasteiger partial charge is 0.354 e. The van der Waals surface area contributed by atoms with E-state index in [0.717, 1.165) is 18.4 Å². The molecule has 0 spiro atoms. The lowest BCUT2D eigenvalue weighted by Gasteiger charge is -2.19. The largest absolute Gasteiger partial charge is 0.464 e. The van der Waals surface area contributed by atoms with Gasteiger partial charge in [0.05, 0.1) is 12.7 Å². The molecule has 1 aliphatic rings. The molecule has 1 saturated carbocycles. The lowest BCUT2D eigenvalue weighted by molar-refractivity contribution is 0.00686. The van der Waals surface area contributed by atoms with E-state index in [9.17, 15) is 9.59 Å².